The molecule has 1 heterocycles. The fraction of sp³-hybridized carbons (Fsp3) is 0.500. The van der Waals surface area contributed by atoms with Crippen LogP contribution in [-0.4, -0.2) is 21.1 Å². The minimum absolute atomic E-state index is 0.0589. The van der Waals surface area contributed by atoms with Crippen LogP contribution in [0.3, 0.4) is 0 Å². The molecule has 0 spiro atoms. The van der Waals surface area contributed by atoms with Crippen molar-refractivity contribution in [1.82, 2.24) is 14.5 Å². The fourth-order valence-corrected chi connectivity index (χ4v) is 2.34. The number of carbonyl (C=O) groups is 1. The van der Waals surface area contributed by atoms with Gasteiger partial charge in [-0.2, -0.15) is 0 Å². The van der Waals surface area contributed by atoms with Crippen LogP contribution in [0.4, 0.5) is 0 Å². The predicted molar refractivity (Wildman–Crippen MR) is 84.3 cm³/mol. The van der Waals surface area contributed by atoms with Gasteiger partial charge in [-0.05, 0) is 31.9 Å². The number of amides is 1. The molecule has 1 aromatic carbocycles. The Morgan fingerprint density at radius 2 is 1.71 bits per heavy atom. The number of aromatic nitrogens is 2. The van der Waals surface area contributed by atoms with Crippen LogP contribution in [0.15, 0.2) is 29.1 Å². The molecule has 0 saturated carbocycles. The molecule has 1 amide bonds. The topological polar surface area (TPSA) is 56.0 Å². The molecule has 0 fully saturated rings. The molecule has 1 aromatic heterocycles. The van der Waals surface area contributed by atoms with E-state index in [1.807, 2.05) is 38.1 Å². The molecule has 114 valence electrons. The molecule has 0 saturated heterocycles. The van der Waals surface area contributed by atoms with Crippen LogP contribution in [0.2, 0.25) is 0 Å². The van der Waals surface area contributed by atoms with Crippen LogP contribution in [0.25, 0.3) is 11.0 Å². The van der Waals surface area contributed by atoms with Crippen molar-refractivity contribution in [2.75, 3.05) is 0 Å². The zero-order valence-corrected chi connectivity index (χ0v) is 13.1. The molecule has 0 aliphatic rings. The van der Waals surface area contributed by atoms with Gasteiger partial charge in [-0.1, -0.05) is 26.0 Å². The van der Waals surface area contributed by atoms with E-state index in [4.69, 9.17) is 0 Å². The largest absolute Gasteiger partial charge is 0.352 e. The van der Waals surface area contributed by atoms with E-state index in [0.717, 1.165) is 11.0 Å². The van der Waals surface area contributed by atoms with Crippen molar-refractivity contribution >= 4 is 16.9 Å². The summed E-state index contributed by atoms with van der Waals surface area (Å²) < 4.78 is 3.23. The molecule has 1 unspecified atom stereocenters. The maximum absolute atomic E-state index is 12.4. The number of benzene rings is 1. The third-order valence-electron chi connectivity index (χ3n) is 3.93. The Morgan fingerprint density at radius 1 is 1.14 bits per heavy atom. The molecular weight excluding hydrogens is 266 g/mol. The van der Waals surface area contributed by atoms with Crippen molar-refractivity contribution in [1.29, 1.82) is 0 Å². The van der Waals surface area contributed by atoms with Crippen LogP contribution in [0, 0.1) is 5.92 Å². The summed E-state index contributed by atoms with van der Waals surface area (Å²) in [6, 6.07) is 7.66. The number of hydrogen-bond donors (Lipinski definition) is 1. The first-order valence-corrected chi connectivity index (χ1v) is 7.43. The van der Waals surface area contributed by atoms with E-state index in [-0.39, 0.29) is 24.2 Å². The lowest BCUT2D eigenvalue weighted by Gasteiger charge is -2.17. The highest BCUT2D eigenvalue weighted by Gasteiger charge is 2.16. The number of hydrogen-bond acceptors (Lipinski definition) is 2. The van der Waals surface area contributed by atoms with Crippen LogP contribution in [-0.2, 0) is 17.9 Å². The molecule has 0 aliphatic carbocycles. The number of imidazole rings is 1. The predicted octanol–water partition coefficient (Wildman–Crippen LogP) is 1.98. The summed E-state index contributed by atoms with van der Waals surface area (Å²) in [6.07, 6.45) is 0. The molecule has 1 N–H and O–H groups in total. The molecule has 0 aliphatic heterocycles. The first-order chi connectivity index (χ1) is 9.95. The highest BCUT2D eigenvalue weighted by atomic mass is 16.2. The average molecular weight is 289 g/mol. The minimum atomic E-state index is -0.133. The van der Waals surface area contributed by atoms with E-state index < -0.39 is 0 Å². The quantitative estimate of drug-likeness (QED) is 0.915. The third kappa shape index (κ3) is 3.01. The lowest BCUT2D eigenvalue weighted by Crippen LogP contribution is -2.40. The van der Waals surface area contributed by atoms with Crippen LogP contribution in [0.5, 0.6) is 0 Å². The monoisotopic (exact) mass is 289 g/mol. The number of rotatable bonds is 5. The third-order valence-corrected chi connectivity index (χ3v) is 3.93. The maximum Gasteiger partial charge on any atom is 0.329 e. The van der Waals surface area contributed by atoms with Gasteiger partial charge in [-0.3, -0.25) is 13.9 Å². The molecule has 1 atom stereocenters. The minimum Gasteiger partial charge on any atom is -0.352 e. The van der Waals surface area contributed by atoms with Crippen molar-refractivity contribution in [2.24, 2.45) is 5.92 Å². The number of para-hydroxylation sites is 2. The van der Waals surface area contributed by atoms with Crippen LogP contribution >= 0.6 is 0 Å². The van der Waals surface area contributed by atoms with Crippen LogP contribution in [0.1, 0.15) is 27.7 Å². The van der Waals surface area contributed by atoms with Crippen molar-refractivity contribution in [2.45, 2.75) is 46.8 Å². The van der Waals surface area contributed by atoms with Gasteiger partial charge in [-0.25, -0.2) is 4.79 Å². The van der Waals surface area contributed by atoms with Gasteiger partial charge in [-0.15, -0.1) is 0 Å². The second kappa shape index (κ2) is 6.16. The molecular formula is C16H23N3O2. The molecule has 2 rings (SSSR count). The molecule has 21 heavy (non-hydrogen) atoms. The Hall–Kier alpha value is -2.04. The van der Waals surface area contributed by atoms with Gasteiger partial charge in [0.2, 0.25) is 5.91 Å². The highest BCUT2D eigenvalue weighted by molar-refractivity contribution is 5.81. The Balaban J connectivity index is 2.33. The van der Waals surface area contributed by atoms with Crippen LogP contribution < -0.4 is 11.0 Å². The first kappa shape index (κ1) is 15.4. The Kier molecular flexibility index (Phi) is 4.50. The van der Waals surface area contributed by atoms with Crippen molar-refractivity contribution in [3.8, 4) is 0 Å². The zero-order valence-electron chi connectivity index (χ0n) is 13.1. The maximum atomic E-state index is 12.4. The van der Waals surface area contributed by atoms with E-state index in [1.165, 1.54) is 0 Å². The lowest BCUT2D eigenvalue weighted by molar-refractivity contribution is -0.122. The standard InChI is InChI=1S/C16H23N3O2/c1-5-18-13-8-6-7-9-14(13)19(16(18)21)10-15(20)17-12(4)11(2)3/h6-9,11-12H,5,10H2,1-4H3,(H,17,20). The van der Waals surface area contributed by atoms with Gasteiger partial charge in [0, 0.05) is 12.6 Å². The summed E-state index contributed by atoms with van der Waals surface area (Å²) in [5.74, 6) is 0.236. The van der Waals surface area contributed by atoms with Gasteiger partial charge >= 0.3 is 5.69 Å². The number of carbonyl (C=O) groups excluding carboxylic acids is 1. The number of nitrogens with one attached hydrogen (secondary N) is 1. The van der Waals surface area contributed by atoms with E-state index in [0.29, 0.717) is 12.5 Å². The number of fused-ring (bicyclic) bond motifs is 1. The van der Waals surface area contributed by atoms with Crippen molar-refractivity contribution in [3.63, 3.8) is 0 Å². The zero-order chi connectivity index (χ0) is 15.6. The van der Waals surface area contributed by atoms with Crippen molar-refractivity contribution in [3.05, 3.63) is 34.7 Å². The second-order valence-corrected chi connectivity index (χ2v) is 5.70. The lowest BCUT2D eigenvalue weighted by atomic mass is 10.1. The summed E-state index contributed by atoms with van der Waals surface area (Å²) in [4.78, 5) is 24.6. The second-order valence-electron chi connectivity index (χ2n) is 5.70. The SMILES string of the molecule is CCn1c(=O)n(CC(=O)NC(C)C(C)C)c2ccccc21. The van der Waals surface area contributed by atoms with Gasteiger partial charge in [0.05, 0.1) is 11.0 Å². The van der Waals surface area contributed by atoms with E-state index >= 15 is 0 Å². The van der Waals surface area contributed by atoms with Gasteiger partial charge in [0.1, 0.15) is 6.54 Å². The summed E-state index contributed by atoms with van der Waals surface area (Å²) in [6.45, 7) is 8.67. The van der Waals surface area contributed by atoms with E-state index in [2.05, 4.69) is 19.2 Å². The Morgan fingerprint density at radius 3 is 2.24 bits per heavy atom. The van der Waals surface area contributed by atoms with Gasteiger partial charge < -0.3 is 5.32 Å². The first-order valence-electron chi connectivity index (χ1n) is 7.43. The normalized spacial score (nSPS) is 12.8. The number of aryl methyl sites for hydroxylation is 1. The molecule has 0 radical (unpaired) electrons. The molecule has 2 aromatic rings. The molecule has 0 bridgehead atoms. The van der Waals surface area contributed by atoms with E-state index in [9.17, 15) is 9.59 Å². The smallest absolute Gasteiger partial charge is 0.329 e. The Labute approximate surface area is 124 Å². The van der Waals surface area contributed by atoms with Gasteiger partial charge in [0.15, 0.2) is 0 Å². The summed E-state index contributed by atoms with van der Waals surface area (Å²) in [5, 5.41) is 2.94. The Bertz CT molecular complexity index is 697. The highest BCUT2D eigenvalue weighted by Crippen LogP contribution is 2.12. The summed E-state index contributed by atoms with van der Waals surface area (Å²) in [7, 11) is 0. The van der Waals surface area contributed by atoms with E-state index in [1.54, 1.807) is 9.13 Å². The summed E-state index contributed by atoms with van der Waals surface area (Å²) >= 11 is 0. The molecule has 5 heteroatoms. The van der Waals surface area contributed by atoms with Gasteiger partial charge in [0.25, 0.3) is 0 Å². The summed E-state index contributed by atoms with van der Waals surface area (Å²) in [5.41, 5.74) is 1.54. The van der Waals surface area contributed by atoms with Crippen molar-refractivity contribution < 1.29 is 4.79 Å². The molecule has 5 nitrogen and oxygen atoms in total. The number of nitrogens with zero attached hydrogens (tertiary/aromatic N) is 2. The fourth-order valence-electron chi connectivity index (χ4n) is 2.34. The average Bonchev–Trinajstić information content (AvgIpc) is 2.71.